The number of rotatable bonds is 4. The second kappa shape index (κ2) is 6.70. The molecule has 0 saturated heterocycles. The number of nitrogens with one attached hydrogen (secondary N) is 1. The van der Waals surface area contributed by atoms with Crippen molar-refractivity contribution in [2.24, 2.45) is 5.92 Å². The number of aromatic amines is 1. The van der Waals surface area contributed by atoms with Crippen LogP contribution in [0.1, 0.15) is 36.6 Å². The maximum atomic E-state index is 13.9. The van der Waals surface area contributed by atoms with Gasteiger partial charge >= 0.3 is 6.18 Å². The monoisotopic (exact) mass is 338 g/mol. The van der Waals surface area contributed by atoms with Gasteiger partial charge in [0.1, 0.15) is 6.61 Å². The molecular weight excluding hydrogens is 321 g/mol. The van der Waals surface area contributed by atoms with Gasteiger partial charge in [-0.15, -0.1) is 0 Å². The fourth-order valence-electron chi connectivity index (χ4n) is 2.35. The van der Waals surface area contributed by atoms with Crippen LogP contribution in [-0.4, -0.2) is 17.8 Å². The molecular formula is C17H17F3N2O2. The average Bonchev–Trinajstić information content (AvgIpc) is 3.31. The molecule has 0 unspecified atom stereocenters. The molecule has 1 atom stereocenters. The predicted octanol–water partition coefficient (Wildman–Crippen LogP) is 2.96. The molecule has 24 heavy (non-hydrogen) atoms. The molecule has 0 aliphatic heterocycles. The van der Waals surface area contributed by atoms with Crippen LogP contribution in [0.3, 0.4) is 0 Å². The van der Waals surface area contributed by atoms with Crippen molar-refractivity contribution in [3.05, 3.63) is 33.2 Å². The molecule has 0 radical (unpaired) electrons. The Morgan fingerprint density at radius 1 is 1.42 bits per heavy atom. The van der Waals surface area contributed by atoms with Crippen LogP contribution in [0.4, 0.5) is 13.2 Å². The summed E-state index contributed by atoms with van der Waals surface area (Å²) >= 11 is 0. The standard InChI is InChI=1S/C17H17F3N2O2/c1-3-13-10-14(15(23)22-11(13)2)16(17(18,19)20,24-9-8-21)7-6-12-4-5-12/h10,12H,3-5,9H2,1-2H3,(H,22,23)/t16-/m0/s1. The zero-order chi connectivity index (χ0) is 18.0. The molecule has 1 aromatic rings. The molecule has 7 heteroatoms. The maximum Gasteiger partial charge on any atom is 0.433 e. The van der Waals surface area contributed by atoms with Crippen molar-refractivity contribution in [2.45, 2.75) is 44.9 Å². The Hall–Kier alpha value is -2.25. The first-order chi connectivity index (χ1) is 11.2. The number of hydrogen-bond acceptors (Lipinski definition) is 3. The Balaban J connectivity index is 2.71. The number of hydrogen-bond donors (Lipinski definition) is 1. The summed E-state index contributed by atoms with van der Waals surface area (Å²) < 4.78 is 46.5. The van der Waals surface area contributed by atoms with E-state index in [0.29, 0.717) is 17.7 Å². The fraction of sp³-hybridized carbons (Fsp3) is 0.529. The molecule has 1 heterocycles. The van der Waals surface area contributed by atoms with E-state index in [0.717, 1.165) is 12.8 Å². The number of ether oxygens (including phenoxy) is 1. The predicted molar refractivity (Wildman–Crippen MR) is 81.0 cm³/mol. The van der Waals surface area contributed by atoms with Crippen LogP contribution in [0.15, 0.2) is 10.9 Å². The van der Waals surface area contributed by atoms with Gasteiger partial charge in [0.25, 0.3) is 11.2 Å². The van der Waals surface area contributed by atoms with Crippen LogP contribution in [0.25, 0.3) is 0 Å². The Kier molecular flexibility index (Phi) is 5.05. The van der Waals surface area contributed by atoms with E-state index in [4.69, 9.17) is 10.00 Å². The second-order valence-electron chi connectivity index (χ2n) is 5.69. The van der Waals surface area contributed by atoms with Crippen LogP contribution in [0.2, 0.25) is 0 Å². The van der Waals surface area contributed by atoms with Gasteiger partial charge in [-0.2, -0.15) is 18.4 Å². The van der Waals surface area contributed by atoms with E-state index in [1.807, 2.05) is 0 Å². The highest BCUT2D eigenvalue weighted by Gasteiger charge is 2.58. The van der Waals surface area contributed by atoms with Crippen LogP contribution < -0.4 is 5.56 Å². The number of H-pyrrole nitrogens is 1. The van der Waals surface area contributed by atoms with Crippen LogP contribution in [0.5, 0.6) is 0 Å². The summed E-state index contributed by atoms with van der Waals surface area (Å²) in [5.41, 5.74) is -3.58. The first-order valence-corrected chi connectivity index (χ1v) is 7.58. The van der Waals surface area contributed by atoms with E-state index in [-0.39, 0.29) is 5.92 Å². The molecule has 0 spiro atoms. The largest absolute Gasteiger partial charge is 0.433 e. The van der Waals surface area contributed by atoms with Gasteiger partial charge in [0.15, 0.2) is 0 Å². The van der Waals surface area contributed by atoms with E-state index in [1.165, 1.54) is 12.1 Å². The summed E-state index contributed by atoms with van der Waals surface area (Å²) in [4.78, 5) is 14.7. The third kappa shape index (κ3) is 3.47. The zero-order valence-electron chi connectivity index (χ0n) is 13.4. The third-order valence-electron chi connectivity index (χ3n) is 3.89. The summed E-state index contributed by atoms with van der Waals surface area (Å²) in [7, 11) is 0. The Morgan fingerprint density at radius 3 is 2.58 bits per heavy atom. The Bertz CT molecular complexity index is 776. The molecule has 128 valence electrons. The van der Waals surface area contributed by atoms with Crippen LogP contribution in [0, 0.1) is 36.0 Å². The topological polar surface area (TPSA) is 65.9 Å². The number of nitrogens with zero attached hydrogens (tertiary/aromatic N) is 1. The van der Waals surface area contributed by atoms with Gasteiger partial charge in [0, 0.05) is 11.6 Å². The van der Waals surface area contributed by atoms with Gasteiger partial charge < -0.3 is 9.72 Å². The molecule has 0 aromatic carbocycles. The first kappa shape index (κ1) is 18.1. The molecule has 1 aliphatic rings. The van der Waals surface area contributed by atoms with Crippen molar-refractivity contribution >= 4 is 0 Å². The summed E-state index contributed by atoms with van der Waals surface area (Å²) in [6.07, 6.45) is -3.07. The number of aryl methyl sites for hydroxylation is 2. The molecule has 1 aliphatic carbocycles. The average molecular weight is 338 g/mol. The normalized spacial score (nSPS) is 16.7. The minimum atomic E-state index is -4.96. The molecule has 1 saturated carbocycles. The van der Waals surface area contributed by atoms with E-state index in [9.17, 15) is 18.0 Å². The number of pyridine rings is 1. The van der Waals surface area contributed by atoms with Gasteiger partial charge in [-0.25, -0.2) is 0 Å². The van der Waals surface area contributed by atoms with Gasteiger partial charge in [0.05, 0.1) is 11.6 Å². The number of halogens is 3. The fourth-order valence-corrected chi connectivity index (χ4v) is 2.35. The quantitative estimate of drug-likeness (QED) is 0.859. The maximum absolute atomic E-state index is 13.9. The lowest BCUT2D eigenvalue weighted by Gasteiger charge is -2.30. The highest BCUT2D eigenvalue weighted by molar-refractivity contribution is 5.38. The minimum absolute atomic E-state index is 0.118. The van der Waals surface area contributed by atoms with Crippen molar-refractivity contribution in [3.63, 3.8) is 0 Å². The highest BCUT2D eigenvalue weighted by Crippen LogP contribution is 2.41. The number of nitriles is 1. The smallest absolute Gasteiger partial charge is 0.335 e. The van der Waals surface area contributed by atoms with Crippen molar-refractivity contribution < 1.29 is 17.9 Å². The zero-order valence-corrected chi connectivity index (χ0v) is 13.4. The SMILES string of the molecule is CCc1cc([C@](C#CC2CC2)(OCC#N)C(F)(F)F)c(=O)[nH]c1C. The molecule has 1 aromatic heterocycles. The lowest BCUT2D eigenvalue weighted by atomic mass is 9.91. The van der Waals surface area contributed by atoms with E-state index in [2.05, 4.69) is 16.8 Å². The van der Waals surface area contributed by atoms with Crippen LogP contribution in [-0.2, 0) is 16.8 Å². The molecule has 1 fully saturated rings. The molecule has 0 amide bonds. The van der Waals surface area contributed by atoms with E-state index in [1.54, 1.807) is 13.8 Å². The molecule has 1 N–H and O–H groups in total. The second-order valence-corrected chi connectivity index (χ2v) is 5.69. The molecule has 0 bridgehead atoms. The van der Waals surface area contributed by atoms with Crippen LogP contribution >= 0.6 is 0 Å². The summed E-state index contributed by atoms with van der Waals surface area (Å²) in [5, 5.41) is 8.67. The number of alkyl halides is 3. The number of aromatic nitrogens is 1. The lowest BCUT2D eigenvalue weighted by molar-refractivity contribution is -0.256. The van der Waals surface area contributed by atoms with Crippen molar-refractivity contribution in [1.29, 1.82) is 5.26 Å². The summed E-state index contributed by atoms with van der Waals surface area (Å²) in [5.74, 6) is 4.55. The summed E-state index contributed by atoms with van der Waals surface area (Å²) in [6, 6.07) is 2.71. The molecule has 2 rings (SSSR count). The van der Waals surface area contributed by atoms with Gasteiger partial charge in [-0.1, -0.05) is 18.8 Å². The third-order valence-corrected chi connectivity index (χ3v) is 3.89. The van der Waals surface area contributed by atoms with Crippen molar-refractivity contribution in [2.75, 3.05) is 6.61 Å². The first-order valence-electron chi connectivity index (χ1n) is 7.58. The van der Waals surface area contributed by atoms with E-state index < -0.39 is 29.5 Å². The van der Waals surface area contributed by atoms with E-state index >= 15 is 0 Å². The van der Waals surface area contributed by atoms with Crippen molar-refractivity contribution in [1.82, 2.24) is 4.98 Å². The van der Waals surface area contributed by atoms with Gasteiger partial charge in [-0.05, 0) is 37.8 Å². The summed E-state index contributed by atoms with van der Waals surface area (Å²) in [6.45, 7) is 2.56. The lowest BCUT2D eigenvalue weighted by Crippen LogP contribution is -2.47. The highest BCUT2D eigenvalue weighted by atomic mass is 19.4. The van der Waals surface area contributed by atoms with Gasteiger partial charge in [0.2, 0.25) is 0 Å². The van der Waals surface area contributed by atoms with Gasteiger partial charge in [-0.3, -0.25) is 4.79 Å². The molecule has 4 nitrogen and oxygen atoms in total. The Labute approximate surface area is 137 Å². The minimum Gasteiger partial charge on any atom is -0.335 e. The van der Waals surface area contributed by atoms with Crippen molar-refractivity contribution in [3.8, 4) is 17.9 Å². The Morgan fingerprint density at radius 2 is 2.08 bits per heavy atom.